The molecule has 0 fully saturated rings. The minimum absolute atomic E-state index is 0. The predicted molar refractivity (Wildman–Crippen MR) is 90.5 cm³/mol. The van der Waals surface area contributed by atoms with Crippen LogP contribution in [0.5, 0.6) is 0 Å². The van der Waals surface area contributed by atoms with Crippen LogP contribution >= 0.6 is 0 Å². The number of pyridine rings is 1. The Bertz CT molecular complexity index is 1000. The van der Waals surface area contributed by atoms with E-state index < -0.39 is 0 Å². The van der Waals surface area contributed by atoms with Gasteiger partial charge in [-0.1, -0.05) is 46.8 Å². The Morgan fingerprint density at radius 2 is 1.74 bits per heavy atom. The molecule has 0 aliphatic carbocycles. The first-order valence-electron chi connectivity index (χ1n) is 7.45. The zero-order valence-corrected chi connectivity index (χ0v) is 16.1. The smallest absolute Gasteiger partial charge is 0.151 e. The van der Waals surface area contributed by atoms with Crippen LogP contribution in [0.2, 0.25) is 0 Å². The Hall–Kier alpha value is -1.57. The van der Waals surface area contributed by atoms with Crippen LogP contribution in [0, 0.1) is 19.1 Å². The van der Waals surface area contributed by atoms with E-state index in [-0.39, 0.29) is 32.7 Å². The van der Waals surface area contributed by atoms with E-state index >= 15 is 0 Å². The van der Waals surface area contributed by atoms with Gasteiger partial charge in [0.2, 0.25) is 0 Å². The van der Waals surface area contributed by atoms with Gasteiger partial charge in [-0.3, -0.25) is 0 Å². The Balaban J connectivity index is 0.00000156. The molecule has 1 aromatic heterocycles. The van der Waals surface area contributed by atoms with Gasteiger partial charge in [0, 0.05) is 32.7 Å². The van der Waals surface area contributed by atoms with Gasteiger partial charge in [0.15, 0.2) is 6.20 Å². The maximum Gasteiger partial charge on any atom is 0.151 e. The summed E-state index contributed by atoms with van der Waals surface area (Å²) < 4.78 is 2.16. The van der Waals surface area contributed by atoms with Crippen molar-refractivity contribution in [1.29, 1.82) is 0 Å². The third kappa shape index (κ3) is 2.84. The Kier molecular flexibility index (Phi) is 4.61. The van der Waals surface area contributed by atoms with Crippen LogP contribution in [-0.4, -0.2) is 0 Å². The summed E-state index contributed by atoms with van der Waals surface area (Å²) in [6.45, 7) is 2.15. The van der Waals surface area contributed by atoms with E-state index in [0.717, 1.165) is 16.3 Å². The SMILES string of the molecule is Cc1cc2ccccc2[c-]c1-c1c2[c-]cccc2cc[n+]1C.[Y]. The fraction of sp³-hybridized carbons (Fsp3) is 0.0952. The molecule has 0 atom stereocenters. The number of fused-ring (bicyclic) bond motifs is 2. The van der Waals surface area contributed by atoms with Crippen LogP contribution < -0.4 is 4.57 Å². The number of aryl methyl sites for hydroxylation is 2. The molecule has 3 aromatic carbocycles. The van der Waals surface area contributed by atoms with Crippen molar-refractivity contribution in [3.05, 3.63) is 78.5 Å². The second-order valence-corrected chi connectivity index (χ2v) is 5.69. The molecule has 109 valence electrons. The van der Waals surface area contributed by atoms with Crippen LogP contribution in [-0.2, 0) is 39.8 Å². The van der Waals surface area contributed by atoms with Crippen molar-refractivity contribution in [2.75, 3.05) is 0 Å². The molecule has 4 aromatic rings. The molecule has 0 saturated heterocycles. The van der Waals surface area contributed by atoms with Gasteiger partial charge in [-0.15, -0.1) is 53.4 Å². The molecule has 0 aliphatic rings. The first kappa shape index (κ1) is 16.3. The summed E-state index contributed by atoms with van der Waals surface area (Å²) in [7, 11) is 2.08. The fourth-order valence-corrected chi connectivity index (χ4v) is 3.06. The van der Waals surface area contributed by atoms with Gasteiger partial charge in [-0.25, -0.2) is 4.57 Å². The number of benzene rings is 3. The van der Waals surface area contributed by atoms with Crippen molar-refractivity contribution >= 4 is 21.5 Å². The van der Waals surface area contributed by atoms with E-state index in [2.05, 4.69) is 79.3 Å². The second-order valence-electron chi connectivity index (χ2n) is 5.69. The van der Waals surface area contributed by atoms with Gasteiger partial charge >= 0.3 is 0 Å². The second kappa shape index (κ2) is 6.51. The number of nitrogens with zero attached hydrogens (tertiary/aromatic N) is 1. The largest absolute Gasteiger partial charge is 0.243 e. The minimum atomic E-state index is 0. The molecule has 0 aliphatic heterocycles. The van der Waals surface area contributed by atoms with Crippen LogP contribution in [0.3, 0.4) is 0 Å². The maximum absolute atomic E-state index is 3.60. The zero-order chi connectivity index (χ0) is 15.1. The van der Waals surface area contributed by atoms with E-state index in [4.69, 9.17) is 0 Å². The average Bonchev–Trinajstić information content (AvgIpc) is 2.54. The van der Waals surface area contributed by atoms with Crippen molar-refractivity contribution < 1.29 is 37.3 Å². The standard InChI is InChI=1S/C21H16N.Y/c1-15-13-17-8-3-4-9-18(17)14-20(15)21-19-10-6-5-7-16(19)11-12-22(21)2;/h3-9,11-13H,1-2H3;/q-1;. The maximum atomic E-state index is 3.60. The molecule has 4 rings (SSSR count). The van der Waals surface area contributed by atoms with Crippen molar-refractivity contribution in [3.8, 4) is 11.3 Å². The average molecular weight is 371 g/mol. The fourth-order valence-electron chi connectivity index (χ4n) is 3.06. The van der Waals surface area contributed by atoms with Crippen LogP contribution in [0.15, 0.2) is 60.8 Å². The number of rotatable bonds is 1. The van der Waals surface area contributed by atoms with Crippen LogP contribution in [0.1, 0.15) is 5.56 Å². The van der Waals surface area contributed by atoms with E-state index in [1.807, 2.05) is 12.1 Å². The van der Waals surface area contributed by atoms with Crippen LogP contribution in [0.25, 0.3) is 32.8 Å². The molecular weight excluding hydrogens is 355 g/mol. The number of hydrogen-bond donors (Lipinski definition) is 0. The summed E-state index contributed by atoms with van der Waals surface area (Å²) in [5.74, 6) is 0. The molecule has 1 nitrogen and oxygen atoms in total. The van der Waals surface area contributed by atoms with Gasteiger partial charge < -0.3 is 0 Å². The first-order valence-corrected chi connectivity index (χ1v) is 7.45. The third-order valence-corrected chi connectivity index (χ3v) is 4.18. The summed E-state index contributed by atoms with van der Waals surface area (Å²) in [4.78, 5) is 0. The summed E-state index contributed by atoms with van der Waals surface area (Å²) >= 11 is 0. The molecule has 0 saturated carbocycles. The predicted octanol–water partition coefficient (Wildman–Crippen LogP) is 4.39. The van der Waals surface area contributed by atoms with E-state index in [1.54, 1.807) is 0 Å². The third-order valence-electron chi connectivity index (χ3n) is 4.18. The molecule has 23 heavy (non-hydrogen) atoms. The quantitative estimate of drug-likeness (QED) is 0.345. The molecule has 0 amide bonds. The Morgan fingerprint density at radius 1 is 0.957 bits per heavy atom. The molecular formula is C21H16NY-. The van der Waals surface area contributed by atoms with Gasteiger partial charge in [0.25, 0.3) is 0 Å². The molecule has 0 N–H and O–H groups in total. The number of hydrogen-bond acceptors (Lipinski definition) is 0. The van der Waals surface area contributed by atoms with E-state index in [0.29, 0.717) is 0 Å². The van der Waals surface area contributed by atoms with Crippen molar-refractivity contribution in [3.63, 3.8) is 0 Å². The van der Waals surface area contributed by atoms with Crippen molar-refractivity contribution in [2.45, 2.75) is 6.92 Å². The van der Waals surface area contributed by atoms with Gasteiger partial charge in [-0.2, -0.15) is 0 Å². The van der Waals surface area contributed by atoms with Gasteiger partial charge in [0.05, 0.1) is 0 Å². The van der Waals surface area contributed by atoms with Gasteiger partial charge in [0.1, 0.15) is 12.7 Å². The molecule has 0 unspecified atom stereocenters. The summed E-state index contributed by atoms with van der Waals surface area (Å²) in [6, 6.07) is 25.9. The Morgan fingerprint density at radius 3 is 2.61 bits per heavy atom. The molecule has 2 heteroatoms. The normalized spacial score (nSPS) is 10.7. The van der Waals surface area contributed by atoms with Crippen molar-refractivity contribution in [2.24, 2.45) is 7.05 Å². The molecule has 1 heterocycles. The summed E-state index contributed by atoms with van der Waals surface area (Å²) in [5.41, 5.74) is 3.55. The van der Waals surface area contributed by atoms with Crippen LogP contribution in [0.4, 0.5) is 0 Å². The summed E-state index contributed by atoms with van der Waals surface area (Å²) in [6.07, 6.45) is 2.11. The zero-order valence-electron chi connectivity index (χ0n) is 13.3. The van der Waals surface area contributed by atoms with E-state index in [9.17, 15) is 0 Å². The summed E-state index contributed by atoms with van der Waals surface area (Å²) in [5, 5.41) is 4.73. The van der Waals surface area contributed by atoms with E-state index in [1.165, 1.54) is 22.0 Å². The molecule has 0 spiro atoms. The monoisotopic (exact) mass is 371 g/mol. The topological polar surface area (TPSA) is 3.88 Å². The van der Waals surface area contributed by atoms with Gasteiger partial charge in [-0.05, 0) is 6.07 Å². The Labute approximate surface area is 161 Å². The molecule has 0 bridgehead atoms. The van der Waals surface area contributed by atoms with Crippen molar-refractivity contribution in [1.82, 2.24) is 0 Å². The number of aromatic nitrogens is 1. The molecule has 1 radical (unpaired) electrons. The minimum Gasteiger partial charge on any atom is -0.243 e. The first-order chi connectivity index (χ1) is 10.7.